The number of esters is 1. The lowest BCUT2D eigenvalue weighted by atomic mass is 10.1. The quantitative estimate of drug-likeness (QED) is 0.554. The summed E-state index contributed by atoms with van der Waals surface area (Å²) in [7, 11) is -2.92. The maximum atomic E-state index is 13.1. The lowest BCUT2D eigenvalue weighted by molar-refractivity contribution is -0.142. The number of carbonyl (C=O) groups is 1. The van der Waals surface area contributed by atoms with Gasteiger partial charge in [0.05, 0.1) is 12.0 Å². The first-order valence-corrected chi connectivity index (χ1v) is 10.5. The second-order valence-corrected chi connectivity index (χ2v) is 8.09. The number of hydrogen-bond donors (Lipinski definition) is 1. The molecule has 0 heterocycles. The van der Waals surface area contributed by atoms with Crippen molar-refractivity contribution in [2.45, 2.75) is 17.5 Å². The van der Waals surface area contributed by atoms with Crippen LogP contribution in [0.3, 0.4) is 0 Å². The van der Waals surface area contributed by atoms with Gasteiger partial charge in [0.1, 0.15) is 24.2 Å². The van der Waals surface area contributed by atoms with Gasteiger partial charge in [-0.2, -0.15) is 4.72 Å². The lowest BCUT2D eigenvalue weighted by Crippen LogP contribution is -2.34. The summed E-state index contributed by atoms with van der Waals surface area (Å²) in [6, 6.07) is 19.1. The molecular weight excluding hydrogens is 409 g/mol. The third-order valence-corrected chi connectivity index (χ3v) is 5.73. The summed E-state index contributed by atoms with van der Waals surface area (Å²) in [5.74, 6) is -0.782. The van der Waals surface area contributed by atoms with Crippen LogP contribution in [0.2, 0.25) is 0 Å². The minimum atomic E-state index is -4.08. The molecule has 0 aliphatic carbocycles. The molecule has 0 aliphatic rings. The van der Waals surface area contributed by atoms with Gasteiger partial charge in [0.2, 0.25) is 10.0 Å². The highest BCUT2D eigenvalue weighted by Crippen LogP contribution is 2.22. The van der Waals surface area contributed by atoms with Crippen molar-refractivity contribution in [3.8, 4) is 5.75 Å². The molecule has 0 aliphatic heterocycles. The van der Waals surface area contributed by atoms with Crippen molar-refractivity contribution in [2.75, 3.05) is 7.11 Å². The Kier molecular flexibility index (Phi) is 6.81. The molecule has 156 valence electrons. The third-order valence-electron chi connectivity index (χ3n) is 4.30. The summed E-state index contributed by atoms with van der Waals surface area (Å²) in [6.07, 6.45) is 0. The van der Waals surface area contributed by atoms with Gasteiger partial charge in [-0.1, -0.05) is 42.5 Å². The molecule has 0 unspecified atom stereocenters. The number of rotatable bonds is 8. The van der Waals surface area contributed by atoms with Gasteiger partial charge in [0.15, 0.2) is 0 Å². The van der Waals surface area contributed by atoms with E-state index in [0.29, 0.717) is 17.9 Å². The fraction of sp³-hybridized carbons (Fsp3) is 0.136. The Bertz CT molecular complexity index is 1080. The second kappa shape index (κ2) is 9.51. The van der Waals surface area contributed by atoms with Crippen LogP contribution in [0.15, 0.2) is 83.8 Å². The summed E-state index contributed by atoms with van der Waals surface area (Å²) in [6.45, 7) is 0.373. The van der Waals surface area contributed by atoms with Gasteiger partial charge in [0, 0.05) is 0 Å². The highest BCUT2D eigenvalue weighted by atomic mass is 32.2. The van der Waals surface area contributed by atoms with Gasteiger partial charge < -0.3 is 9.47 Å². The molecule has 0 radical (unpaired) electrons. The normalized spacial score (nSPS) is 12.2. The first-order valence-electron chi connectivity index (χ1n) is 9.01. The van der Waals surface area contributed by atoms with Crippen molar-refractivity contribution >= 4 is 16.0 Å². The van der Waals surface area contributed by atoms with E-state index in [0.717, 1.165) is 29.8 Å². The molecule has 0 amide bonds. The molecule has 8 heteroatoms. The maximum Gasteiger partial charge on any atom is 0.328 e. The first kappa shape index (κ1) is 21.5. The van der Waals surface area contributed by atoms with Crippen molar-refractivity contribution < 1.29 is 27.1 Å². The zero-order valence-corrected chi connectivity index (χ0v) is 16.9. The summed E-state index contributed by atoms with van der Waals surface area (Å²) in [5, 5.41) is 0. The van der Waals surface area contributed by atoms with Gasteiger partial charge in [-0.15, -0.1) is 0 Å². The Labute approximate surface area is 174 Å². The van der Waals surface area contributed by atoms with E-state index in [9.17, 15) is 17.6 Å². The van der Waals surface area contributed by atoms with Crippen LogP contribution in [0.4, 0.5) is 4.39 Å². The molecule has 0 saturated carbocycles. The third kappa shape index (κ3) is 5.43. The van der Waals surface area contributed by atoms with Crippen molar-refractivity contribution in [1.29, 1.82) is 0 Å². The second-order valence-electron chi connectivity index (χ2n) is 6.37. The predicted octanol–water partition coefficient (Wildman–Crippen LogP) is 3.60. The topological polar surface area (TPSA) is 81.7 Å². The maximum absolute atomic E-state index is 13.1. The molecule has 0 spiro atoms. The van der Waals surface area contributed by atoms with Crippen molar-refractivity contribution in [3.63, 3.8) is 0 Å². The van der Waals surface area contributed by atoms with Gasteiger partial charge in [-0.05, 0) is 47.5 Å². The van der Waals surface area contributed by atoms with Crippen molar-refractivity contribution in [2.24, 2.45) is 0 Å². The Morgan fingerprint density at radius 3 is 2.20 bits per heavy atom. The zero-order valence-electron chi connectivity index (χ0n) is 16.1. The molecule has 3 rings (SSSR count). The molecule has 0 aromatic heterocycles. The summed E-state index contributed by atoms with van der Waals surface area (Å²) in [5.41, 5.74) is 1.38. The fourth-order valence-electron chi connectivity index (χ4n) is 2.70. The number of benzene rings is 3. The van der Waals surface area contributed by atoms with Gasteiger partial charge >= 0.3 is 5.97 Å². The minimum Gasteiger partial charge on any atom is -0.489 e. The average molecular weight is 429 g/mol. The number of halogens is 1. The smallest absolute Gasteiger partial charge is 0.328 e. The fourth-order valence-corrected chi connectivity index (χ4v) is 3.88. The Morgan fingerprint density at radius 1 is 0.967 bits per heavy atom. The zero-order chi connectivity index (χ0) is 21.6. The Balaban J connectivity index is 1.76. The summed E-state index contributed by atoms with van der Waals surface area (Å²) >= 11 is 0. The van der Waals surface area contributed by atoms with Crippen LogP contribution >= 0.6 is 0 Å². The van der Waals surface area contributed by atoms with E-state index >= 15 is 0 Å². The van der Waals surface area contributed by atoms with Crippen LogP contribution in [0.25, 0.3) is 0 Å². The van der Waals surface area contributed by atoms with Gasteiger partial charge in [0.25, 0.3) is 0 Å². The molecule has 6 nitrogen and oxygen atoms in total. The highest BCUT2D eigenvalue weighted by molar-refractivity contribution is 7.89. The van der Waals surface area contributed by atoms with E-state index in [1.165, 1.54) is 7.11 Å². The van der Waals surface area contributed by atoms with E-state index in [1.54, 1.807) is 24.3 Å². The summed E-state index contributed by atoms with van der Waals surface area (Å²) < 4.78 is 51.1. The largest absolute Gasteiger partial charge is 0.489 e. The number of hydrogen-bond acceptors (Lipinski definition) is 5. The molecule has 3 aromatic carbocycles. The Hall–Kier alpha value is -3.23. The number of sulfonamides is 1. The van der Waals surface area contributed by atoms with E-state index in [1.807, 2.05) is 30.3 Å². The summed E-state index contributed by atoms with van der Waals surface area (Å²) in [4.78, 5) is 12.1. The molecule has 1 atom stereocenters. The van der Waals surface area contributed by atoms with E-state index in [-0.39, 0.29) is 4.90 Å². The number of nitrogens with one attached hydrogen (secondary N) is 1. The molecule has 0 saturated heterocycles. The Morgan fingerprint density at radius 2 is 1.60 bits per heavy atom. The molecule has 0 bridgehead atoms. The van der Waals surface area contributed by atoms with Crippen molar-refractivity contribution in [1.82, 2.24) is 4.72 Å². The molecule has 30 heavy (non-hydrogen) atoms. The standard InChI is InChI=1S/C22H20FNO5S/c1-28-22(25)21(24-30(26,27)20-13-9-18(23)10-14-20)17-7-11-19(12-8-17)29-15-16-5-3-2-4-6-16/h2-14,21,24H,15H2,1H3/t21-/m1/s1. The van der Waals surface area contributed by atoms with Crippen LogP contribution in [0.5, 0.6) is 5.75 Å². The molecule has 3 aromatic rings. The number of ether oxygens (including phenoxy) is 2. The van der Waals surface area contributed by atoms with E-state index in [2.05, 4.69) is 4.72 Å². The first-order chi connectivity index (χ1) is 14.4. The van der Waals surface area contributed by atoms with Crippen LogP contribution in [-0.2, 0) is 26.2 Å². The predicted molar refractivity (Wildman–Crippen MR) is 109 cm³/mol. The highest BCUT2D eigenvalue weighted by Gasteiger charge is 2.28. The van der Waals surface area contributed by atoms with Gasteiger partial charge in [-0.3, -0.25) is 0 Å². The number of carbonyl (C=O) groups excluding carboxylic acids is 1. The monoisotopic (exact) mass is 429 g/mol. The molecule has 0 fully saturated rings. The average Bonchev–Trinajstić information content (AvgIpc) is 2.77. The van der Waals surface area contributed by atoms with Crippen LogP contribution < -0.4 is 9.46 Å². The van der Waals surface area contributed by atoms with Crippen LogP contribution in [0.1, 0.15) is 17.2 Å². The van der Waals surface area contributed by atoms with Crippen LogP contribution in [0, 0.1) is 5.82 Å². The number of methoxy groups -OCH3 is 1. The minimum absolute atomic E-state index is 0.166. The van der Waals surface area contributed by atoms with Crippen molar-refractivity contribution in [3.05, 3.63) is 95.8 Å². The SMILES string of the molecule is COC(=O)[C@H](NS(=O)(=O)c1ccc(F)cc1)c1ccc(OCc2ccccc2)cc1. The van der Waals surface area contributed by atoms with E-state index in [4.69, 9.17) is 9.47 Å². The van der Waals surface area contributed by atoms with Gasteiger partial charge in [-0.25, -0.2) is 17.6 Å². The van der Waals surface area contributed by atoms with Crippen LogP contribution in [-0.4, -0.2) is 21.5 Å². The molecular formula is C22H20FNO5S. The lowest BCUT2D eigenvalue weighted by Gasteiger charge is -2.17. The molecule has 1 N–H and O–H groups in total. The van der Waals surface area contributed by atoms with E-state index < -0.39 is 27.9 Å².